The summed E-state index contributed by atoms with van der Waals surface area (Å²) in [4.78, 5) is 26.7. The van der Waals surface area contributed by atoms with Crippen LogP contribution < -0.4 is 14.8 Å². The highest BCUT2D eigenvalue weighted by Gasteiger charge is 2.18. The number of carbonyl (C=O) groups is 2. The fraction of sp³-hybridized carbons (Fsp3) is 0.364. The first-order valence-corrected chi connectivity index (χ1v) is 9.56. The van der Waals surface area contributed by atoms with Gasteiger partial charge in [-0.2, -0.15) is 0 Å². The lowest BCUT2D eigenvalue weighted by Gasteiger charge is -2.21. The lowest BCUT2D eigenvalue weighted by atomic mass is 10.0. The Morgan fingerprint density at radius 2 is 1.71 bits per heavy atom. The molecule has 0 unspecified atom stereocenters. The Hall–Kier alpha value is -3.02. The van der Waals surface area contributed by atoms with Crippen LogP contribution in [0.15, 0.2) is 42.5 Å². The second-order valence-corrected chi connectivity index (χ2v) is 7.00. The third kappa shape index (κ3) is 4.63. The lowest BCUT2D eigenvalue weighted by molar-refractivity contribution is -0.116. The molecule has 0 atom stereocenters. The summed E-state index contributed by atoms with van der Waals surface area (Å²) in [7, 11) is 0. The quantitative estimate of drug-likeness (QED) is 0.828. The van der Waals surface area contributed by atoms with Crippen molar-refractivity contribution in [1.82, 2.24) is 4.90 Å². The monoisotopic (exact) mass is 382 g/mol. The van der Waals surface area contributed by atoms with Gasteiger partial charge in [-0.1, -0.05) is 26.0 Å². The number of carbonyl (C=O) groups excluding carboxylic acids is 2. The lowest BCUT2D eigenvalue weighted by Crippen LogP contribution is -2.37. The molecule has 0 aromatic heterocycles. The Balaban J connectivity index is 1.63. The van der Waals surface area contributed by atoms with Gasteiger partial charge < -0.3 is 19.7 Å². The van der Waals surface area contributed by atoms with Crippen molar-refractivity contribution in [2.45, 2.75) is 26.7 Å². The van der Waals surface area contributed by atoms with E-state index in [1.165, 1.54) is 10.5 Å². The molecular weight excluding hydrogens is 356 g/mol. The van der Waals surface area contributed by atoms with Gasteiger partial charge in [-0.3, -0.25) is 9.59 Å². The number of ether oxygens (including phenoxy) is 2. The first-order chi connectivity index (χ1) is 13.5. The minimum Gasteiger partial charge on any atom is -0.486 e. The highest BCUT2D eigenvalue weighted by atomic mass is 16.6. The van der Waals surface area contributed by atoms with Crippen LogP contribution in [-0.4, -0.2) is 43.0 Å². The predicted octanol–water partition coefficient (Wildman–Crippen LogP) is 3.68. The molecule has 2 aromatic carbocycles. The molecule has 6 heteroatoms. The average Bonchev–Trinajstić information content (AvgIpc) is 2.71. The van der Waals surface area contributed by atoms with Gasteiger partial charge in [0.15, 0.2) is 11.5 Å². The number of nitrogens with one attached hydrogen (secondary N) is 1. The average molecular weight is 382 g/mol. The molecule has 3 rings (SSSR count). The zero-order valence-corrected chi connectivity index (χ0v) is 16.5. The first-order valence-electron chi connectivity index (χ1n) is 9.56. The Morgan fingerprint density at radius 1 is 1.04 bits per heavy atom. The van der Waals surface area contributed by atoms with E-state index in [1.54, 1.807) is 18.2 Å². The van der Waals surface area contributed by atoms with Crippen LogP contribution in [0, 0.1) is 0 Å². The molecule has 28 heavy (non-hydrogen) atoms. The Kier molecular flexibility index (Phi) is 6.19. The van der Waals surface area contributed by atoms with E-state index < -0.39 is 0 Å². The van der Waals surface area contributed by atoms with Crippen LogP contribution >= 0.6 is 0 Å². The van der Waals surface area contributed by atoms with Crippen LogP contribution in [0.25, 0.3) is 0 Å². The maximum Gasteiger partial charge on any atom is 0.254 e. The minimum absolute atomic E-state index is 0.0181. The maximum absolute atomic E-state index is 12.7. The van der Waals surface area contributed by atoms with Crippen LogP contribution in [0.5, 0.6) is 11.5 Å². The van der Waals surface area contributed by atoms with Gasteiger partial charge in [-0.05, 0) is 42.7 Å². The van der Waals surface area contributed by atoms with E-state index in [4.69, 9.17) is 9.47 Å². The van der Waals surface area contributed by atoms with Crippen molar-refractivity contribution in [3.05, 3.63) is 53.6 Å². The summed E-state index contributed by atoms with van der Waals surface area (Å²) in [6, 6.07) is 12.8. The molecule has 1 aliphatic rings. The fourth-order valence-electron chi connectivity index (χ4n) is 3.02. The van der Waals surface area contributed by atoms with Gasteiger partial charge in [-0.15, -0.1) is 0 Å². The van der Waals surface area contributed by atoms with Crippen molar-refractivity contribution >= 4 is 17.5 Å². The van der Waals surface area contributed by atoms with Gasteiger partial charge in [0.25, 0.3) is 5.91 Å². The number of amides is 2. The molecule has 148 valence electrons. The molecule has 0 fully saturated rings. The molecule has 6 nitrogen and oxygen atoms in total. The van der Waals surface area contributed by atoms with Gasteiger partial charge in [0.05, 0.1) is 0 Å². The van der Waals surface area contributed by atoms with Crippen molar-refractivity contribution < 1.29 is 19.1 Å². The molecular formula is C22H26N2O4. The molecule has 0 spiro atoms. The van der Waals surface area contributed by atoms with E-state index in [1.807, 2.05) is 31.2 Å². The normalized spacial score (nSPS) is 12.6. The zero-order chi connectivity index (χ0) is 20.1. The van der Waals surface area contributed by atoms with E-state index in [9.17, 15) is 9.59 Å². The van der Waals surface area contributed by atoms with Crippen molar-refractivity contribution in [3.8, 4) is 11.5 Å². The van der Waals surface area contributed by atoms with Gasteiger partial charge in [0.2, 0.25) is 5.91 Å². The minimum atomic E-state index is -0.259. The topological polar surface area (TPSA) is 67.9 Å². The van der Waals surface area contributed by atoms with E-state index in [-0.39, 0.29) is 18.4 Å². The van der Waals surface area contributed by atoms with E-state index >= 15 is 0 Å². The molecule has 2 amide bonds. The third-order valence-electron chi connectivity index (χ3n) is 4.65. The first kappa shape index (κ1) is 19.7. The molecule has 0 radical (unpaired) electrons. The third-order valence-corrected chi connectivity index (χ3v) is 4.65. The largest absolute Gasteiger partial charge is 0.486 e. The summed E-state index contributed by atoms with van der Waals surface area (Å²) in [6.07, 6.45) is 0. The molecule has 0 saturated heterocycles. The van der Waals surface area contributed by atoms with Gasteiger partial charge in [0, 0.05) is 23.9 Å². The smallest absolute Gasteiger partial charge is 0.254 e. The number of benzene rings is 2. The second-order valence-electron chi connectivity index (χ2n) is 7.00. The SMILES string of the molecule is CCN(CC(=O)Nc1ccc2c(c1)OCCO2)C(=O)c1ccc(C(C)C)cc1. The van der Waals surface area contributed by atoms with E-state index in [0.717, 1.165) is 0 Å². The molecule has 0 aliphatic carbocycles. The molecule has 1 aliphatic heterocycles. The summed E-state index contributed by atoms with van der Waals surface area (Å²) in [5, 5.41) is 2.82. The number of anilines is 1. The van der Waals surface area contributed by atoms with E-state index in [2.05, 4.69) is 19.2 Å². The second kappa shape index (κ2) is 8.78. The summed E-state index contributed by atoms with van der Waals surface area (Å²) in [5.74, 6) is 1.26. The molecule has 0 saturated carbocycles. The van der Waals surface area contributed by atoms with Crippen molar-refractivity contribution in [1.29, 1.82) is 0 Å². The van der Waals surface area contributed by atoms with Crippen LogP contribution in [-0.2, 0) is 4.79 Å². The molecule has 2 aromatic rings. The van der Waals surface area contributed by atoms with Gasteiger partial charge in [0.1, 0.15) is 19.8 Å². The number of fused-ring (bicyclic) bond motifs is 1. The summed E-state index contributed by atoms with van der Waals surface area (Å²) in [6.45, 7) is 7.50. The molecule has 1 N–H and O–H groups in total. The van der Waals surface area contributed by atoms with Crippen molar-refractivity contribution in [3.63, 3.8) is 0 Å². The fourth-order valence-corrected chi connectivity index (χ4v) is 3.02. The number of rotatable bonds is 6. The number of hydrogen-bond donors (Lipinski definition) is 1. The molecule has 1 heterocycles. The standard InChI is InChI=1S/C22H26N2O4/c1-4-24(22(26)17-7-5-16(6-8-17)15(2)3)14-21(25)23-18-9-10-19-20(13-18)28-12-11-27-19/h5-10,13,15H,4,11-12,14H2,1-3H3,(H,23,25). The van der Waals surface area contributed by atoms with Gasteiger partial charge >= 0.3 is 0 Å². The van der Waals surface area contributed by atoms with Gasteiger partial charge in [-0.25, -0.2) is 0 Å². The van der Waals surface area contributed by atoms with E-state index in [0.29, 0.717) is 48.4 Å². The Morgan fingerprint density at radius 3 is 2.36 bits per heavy atom. The highest BCUT2D eigenvalue weighted by molar-refractivity contribution is 5.99. The Bertz CT molecular complexity index is 846. The molecule has 0 bridgehead atoms. The number of likely N-dealkylation sites (N-methyl/N-ethyl adjacent to an activating group) is 1. The van der Waals surface area contributed by atoms with Crippen LogP contribution in [0.1, 0.15) is 42.6 Å². The van der Waals surface area contributed by atoms with Crippen molar-refractivity contribution in [2.24, 2.45) is 0 Å². The van der Waals surface area contributed by atoms with Crippen LogP contribution in [0.3, 0.4) is 0 Å². The number of hydrogen-bond acceptors (Lipinski definition) is 4. The van der Waals surface area contributed by atoms with Crippen molar-refractivity contribution in [2.75, 3.05) is 31.6 Å². The zero-order valence-electron chi connectivity index (χ0n) is 16.5. The summed E-state index contributed by atoms with van der Waals surface area (Å²) < 4.78 is 11.0. The van der Waals surface area contributed by atoms with Crippen LogP contribution in [0.4, 0.5) is 5.69 Å². The Labute approximate surface area is 165 Å². The van der Waals surface area contributed by atoms with Crippen LogP contribution in [0.2, 0.25) is 0 Å². The maximum atomic E-state index is 12.7. The summed E-state index contributed by atoms with van der Waals surface area (Å²) >= 11 is 0. The summed E-state index contributed by atoms with van der Waals surface area (Å²) in [5.41, 5.74) is 2.37. The predicted molar refractivity (Wildman–Crippen MR) is 108 cm³/mol. The highest BCUT2D eigenvalue weighted by Crippen LogP contribution is 2.32. The number of nitrogens with zero attached hydrogens (tertiary/aromatic N) is 1.